The van der Waals surface area contributed by atoms with Crippen molar-refractivity contribution in [2.75, 3.05) is 12.8 Å². The number of hydrogen-bond acceptors (Lipinski definition) is 2. The molecule has 0 spiro atoms. The Morgan fingerprint density at radius 2 is 1.32 bits per heavy atom. The van der Waals surface area contributed by atoms with Crippen molar-refractivity contribution in [3.63, 3.8) is 0 Å². The Balaban J connectivity index is 2.39. The highest BCUT2D eigenvalue weighted by Gasteiger charge is 2.12. The fourth-order valence-corrected chi connectivity index (χ4v) is 2.97. The minimum Gasteiger partial charge on any atom is -0.496 e. The molecule has 4 aromatic carbocycles. The van der Waals surface area contributed by atoms with E-state index >= 15 is 0 Å². The summed E-state index contributed by atoms with van der Waals surface area (Å²) in [6.45, 7) is 0. The molecule has 0 heterocycles. The molecule has 0 aliphatic rings. The van der Waals surface area contributed by atoms with Gasteiger partial charge in [0.25, 0.3) is 0 Å². The van der Waals surface area contributed by atoms with E-state index < -0.39 is 0 Å². The molecule has 4 aromatic rings. The number of methoxy groups -OCH3 is 1. The lowest BCUT2D eigenvalue weighted by molar-refractivity contribution is 0.420. The quantitative estimate of drug-likeness (QED) is 0.404. The van der Waals surface area contributed by atoms with Gasteiger partial charge in [0.15, 0.2) is 0 Å². The fraction of sp³-hybridized carbons (Fsp3) is 0.0588. The molecular formula is C17H13NO. The first-order chi connectivity index (χ1) is 9.29. The van der Waals surface area contributed by atoms with Crippen LogP contribution < -0.4 is 10.5 Å². The molecule has 0 bridgehead atoms. The lowest BCUT2D eigenvalue weighted by Crippen LogP contribution is -1.91. The van der Waals surface area contributed by atoms with Gasteiger partial charge in [-0.3, -0.25) is 0 Å². The highest BCUT2D eigenvalue weighted by atomic mass is 16.5. The molecule has 0 atom stereocenters. The van der Waals surface area contributed by atoms with Gasteiger partial charge in [0.1, 0.15) is 5.75 Å². The average Bonchev–Trinajstić information content (AvgIpc) is 2.46. The summed E-state index contributed by atoms with van der Waals surface area (Å²) < 4.78 is 5.47. The van der Waals surface area contributed by atoms with Crippen LogP contribution in [0.25, 0.3) is 32.3 Å². The van der Waals surface area contributed by atoms with Gasteiger partial charge in [-0.2, -0.15) is 0 Å². The molecule has 2 N–H and O–H groups in total. The van der Waals surface area contributed by atoms with Crippen molar-refractivity contribution < 1.29 is 4.74 Å². The Morgan fingerprint density at radius 1 is 0.737 bits per heavy atom. The lowest BCUT2D eigenvalue weighted by Gasteiger charge is -2.14. The molecule has 2 nitrogen and oxygen atoms in total. The molecule has 0 saturated heterocycles. The van der Waals surface area contributed by atoms with Gasteiger partial charge < -0.3 is 10.5 Å². The summed E-state index contributed by atoms with van der Waals surface area (Å²) in [4.78, 5) is 0. The maximum absolute atomic E-state index is 6.11. The van der Waals surface area contributed by atoms with E-state index in [1.54, 1.807) is 7.11 Å². The number of nitrogens with two attached hydrogens (primary N) is 1. The normalized spacial score (nSPS) is 11.6. The Hall–Kier alpha value is -2.48. The first-order valence-electron chi connectivity index (χ1n) is 6.29. The highest BCUT2D eigenvalue weighted by molar-refractivity contribution is 6.26. The van der Waals surface area contributed by atoms with E-state index in [2.05, 4.69) is 36.4 Å². The second kappa shape index (κ2) is 3.51. The summed E-state index contributed by atoms with van der Waals surface area (Å²) in [5.74, 6) is 0.907. The van der Waals surface area contributed by atoms with Crippen LogP contribution in [0, 0.1) is 0 Å². The van der Waals surface area contributed by atoms with Gasteiger partial charge in [0.2, 0.25) is 0 Å². The van der Waals surface area contributed by atoms with E-state index in [1.807, 2.05) is 12.1 Å². The van der Waals surface area contributed by atoms with E-state index in [4.69, 9.17) is 10.5 Å². The van der Waals surface area contributed by atoms with Crippen LogP contribution in [0.5, 0.6) is 5.75 Å². The number of benzene rings is 4. The zero-order valence-electron chi connectivity index (χ0n) is 10.6. The van der Waals surface area contributed by atoms with E-state index in [0.29, 0.717) is 0 Å². The smallest absolute Gasteiger partial charge is 0.126 e. The molecule has 0 unspecified atom stereocenters. The van der Waals surface area contributed by atoms with Gasteiger partial charge >= 0.3 is 0 Å². The van der Waals surface area contributed by atoms with Gasteiger partial charge in [-0.25, -0.2) is 0 Å². The minimum atomic E-state index is 0.824. The predicted molar refractivity (Wildman–Crippen MR) is 81.1 cm³/mol. The predicted octanol–water partition coefficient (Wildman–Crippen LogP) is 4.17. The Labute approximate surface area is 110 Å². The number of hydrogen-bond donors (Lipinski definition) is 1. The molecule has 0 aliphatic carbocycles. The van der Waals surface area contributed by atoms with Crippen molar-refractivity contribution in [1.82, 2.24) is 0 Å². The van der Waals surface area contributed by atoms with E-state index in [-0.39, 0.29) is 0 Å². The monoisotopic (exact) mass is 247 g/mol. The summed E-state index contributed by atoms with van der Waals surface area (Å²) in [7, 11) is 1.71. The molecule has 19 heavy (non-hydrogen) atoms. The lowest BCUT2D eigenvalue weighted by atomic mass is 9.93. The minimum absolute atomic E-state index is 0.824. The molecular weight excluding hydrogens is 234 g/mol. The van der Waals surface area contributed by atoms with Gasteiger partial charge in [-0.05, 0) is 34.4 Å². The van der Waals surface area contributed by atoms with Crippen LogP contribution in [0.2, 0.25) is 0 Å². The summed E-state index contributed by atoms with van der Waals surface area (Å²) in [5.41, 5.74) is 6.93. The highest BCUT2D eigenvalue weighted by Crippen LogP contribution is 2.39. The van der Waals surface area contributed by atoms with Crippen LogP contribution in [0.1, 0.15) is 0 Å². The molecule has 0 aromatic heterocycles. The maximum atomic E-state index is 6.11. The molecule has 0 aliphatic heterocycles. The number of ether oxygens (including phenoxy) is 1. The van der Waals surface area contributed by atoms with Gasteiger partial charge in [-0.15, -0.1) is 0 Å². The van der Waals surface area contributed by atoms with Crippen molar-refractivity contribution in [2.24, 2.45) is 0 Å². The number of anilines is 1. The Kier molecular flexibility index (Phi) is 1.93. The molecule has 0 fully saturated rings. The largest absolute Gasteiger partial charge is 0.496 e. The molecule has 0 radical (unpaired) electrons. The van der Waals surface area contributed by atoms with Gasteiger partial charge in [0, 0.05) is 21.8 Å². The third kappa shape index (κ3) is 1.26. The summed E-state index contributed by atoms with van der Waals surface area (Å²) in [6, 6.07) is 16.7. The standard InChI is InChI=1S/C17H13NO/c1-19-15-9-5-11-3-2-10-4-8-14(18)12-6-7-13(15)17(11)16(10)12/h2-9H,18H2,1H3. The van der Waals surface area contributed by atoms with Crippen molar-refractivity contribution in [3.8, 4) is 5.75 Å². The van der Waals surface area contributed by atoms with Gasteiger partial charge in [0.05, 0.1) is 7.11 Å². The summed E-state index contributed by atoms with van der Waals surface area (Å²) in [6.07, 6.45) is 0. The van der Waals surface area contributed by atoms with E-state index in [9.17, 15) is 0 Å². The third-order valence-corrected chi connectivity index (χ3v) is 3.88. The Bertz CT molecular complexity index is 911. The molecule has 2 heteroatoms. The second-order valence-electron chi connectivity index (χ2n) is 4.85. The van der Waals surface area contributed by atoms with Crippen LogP contribution in [-0.4, -0.2) is 7.11 Å². The second-order valence-corrected chi connectivity index (χ2v) is 4.85. The average molecular weight is 247 g/mol. The van der Waals surface area contributed by atoms with Crippen molar-refractivity contribution in [2.45, 2.75) is 0 Å². The maximum Gasteiger partial charge on any atom is 0.126 e. The van der Waals surface area contributed by atoms with Crippen LogP contribution in [-0.2, 0) is 0 Å². The Morgan fingerprint density at radius 3 is 2.05 bits per heavy atom. The molecule has 0 saturated carbocycles. The van der Waals surface area contributed by atoms with Gasteiger partial charge in [-0.1, -0.05) is 30.3 Å². The van der Waals surface area contributed by atoms with Crippen molar-refractivity contribution in [3.05, 3.63) is 48.5 Å². The molecule has 0 amide bonds. The first-order valence-corrected chi connectivity index (χ1v) is 6.29. The van der Waals surface area contributed by atoms with Crippen molar-refractivity contribution in [1.29, 1.82) is 0 Å². The SMILES string of the molecule is COc1ccc2ccc3ccc(N)c4ccc1c2c34. The fourth-order valence-electron chi connectivity index (χ4n) is 2.97. The van der Waals surface area contributed by atoms with Crippen LogP contribution >= 0.6 is 0 Å². The first kappa shape index (κ1) is 10.4. The zero-order valence-corrected chi connectivity index (χ0v) is 10.6. The van der Waals surface area contributed by atoms with E-state index in [0.717, 1.165) is 22.2 Å². The number of rotatable bonds is 1. The van der Waals surface area contributed by atoms with Crippen molar-refractivity contribution >= 4 is 38.0 Å². The molecule has 92 valence electrons. The zero-order chi connectivity index (χ0) is 13.0. The molecule has 4 rings (SSSR count). The summed E-state index contributed by atoms with van der Waals surface area (Å²) in [5, 5.41) is 7.16. The van der Waals surface area contributed by atoms with Crippen LogP contribution in [0.4, 0.5) is 5.69 Å². The van der Waals surface area contributed by atoms with E-state index in [1.165, 1.54) is 21.5 Å². The summed E-state index contributed by atoms with van der Waals surface area (Å²) >= 11 is 0. The third-order valence-electron chi connectivity index (χ3n) is 3.88. The number of nitrogen functional groups attached to an aromatic ring is 1. The van der Waals surface area contributed by atoms with Crippen LogP contribution in [0.15, 0.2) is 48.5 Å². The topological polar surface area (TPSA) is 35.2 Å². The van der Waals surface area contributed by atoms with Crippen LogP contribution in [0.3, 0.4) is 0 Å².